The summed E-state index contributed by atoms with van der Waals surface area (Å²) in [5.74, 6) is -1.94. The number of hydrogen-bond donors (Lipinski definition) is 4. The Balaban J connectivity index is 1.28. The number of amides is 2. The van der Waals surface area contributed by atoms with Gasteiger partial charge in [-0.25, -0.2) is 9.59 Å². The van der Waals surface area contributed by atoms with Crippen LogP contribution in [0.5, 0.6) is 0 Å². The third-order valence-electron chi connectivity index (χ3n) is 6.35. The fourth-order valence-corrected chi connectivity index (χ4v) is 4.60. The molecule has 8 nitrogen and oxygen atoms in total. The molecule has 0 radical (unpaired) electrons. The van der Waals surface area contributed by atoms with Crippen LogP contribution in [0.15, 0.2) is 60.7 Å². The van der Waals surface area contributed by atoms with Crippen molar-refractivity contribution in [3.05, 3.63) is 71.8 Å². The number of aliphatic carboxylic acids is 1. The second kappa shape index (κ2) is 10.5. The lowest BCUT2D eigenvalue weighted by Gasteiger charge is -2.25. The molecule has 2 aromatic rings. The molecule has 0 aromatic heterocycles. The topological polar surface area (TPSA) is 125 Å². The Bertz CT molecular complexity index is 1050. The van der Waals surface area contributed by atoms with Crippen molar-refractivity contribution in [2.24, 2.45) is 5.92 Å². The van der Waals surface area contributed by atoms with Crippen molar-refractivity contribution < 1.29 is 29.3 Å². The largest absolute Gasteiger partial charge is 0.479 e. The molecule has 0 bridgehead atoms. The molecule has 178 valence electrons. The number of hydrogen-bond acceptors (Lipinski definition) is 5. The van der Waals surface area contributed by atoms with Crippen LogP contribution in [0.2, 0.25) is 0 Å². The van der Waals surface area contributed by atoms with E-state index in [0.29, 0.717) is 12.8 Å². The van der Waals surface area contributed by atoms with Crippen molar-refractivity contribution in [1.82, 2.24) is 10.6 Å². The Kier molecular flexibility index (Phi) is 7.27. The van der Waals surface area contributed by atoms with E-state index in [1.165, 1.54) is 0 Å². The molecule has 2 amide bonds. The summed E-state index contributed by atoms with van der Waals surface area (Å²) in [4.78, 5) is 35.6. The lowest BCUT2D eigenvalue weighted by Crippen LogP contribution is -2.41. The number of fused-ring (bicyclic) bond motifs is 3. The average molecular weight is 465 g/mol. The van der Waals surface area contributed by atoms with Crippen LogP contribution in [-0.4, -0.2) is 53.5 Å². The van der Waals surface area contributed by atoms with Crippen LogP contribution in [0, 0.1) is 5.92 Å². The van der Waals surface area contributed by atoms with E-state index in [4.69, 9.17) is 9.84 Å². The highest BCUT2D eigenvalue weighted by molar-refractivity contribution is 5.80. The SMILES string of the molecule is O=C(NC1C=CCC(C(=O)NCC[C@H](O)C(=O)O)C1)OCC1c2ccccc2-c2ccccc21. The van der Waals surface area contributed by atoms with Gasteiger partial charge in [-0.05, 0) is 35.1 Å². The van der Waals surface area contributed by atoms with Crippen molar-refractivity contribution >= 4 is 18.0 Å². The maximum absolute atomic E-state index is 12.5. The van der Waals surface area contributed by atoms with Crippen LogP contribution in [0.3, 0.4) is 0 Å². The van der Waals surface area contributed by atoms with Gasteiger partial charge in [0.15, 0.2) is 6.10 Å². The van der Waals surface area contributed by atoms with Gasteiger partial charge in [0.05, 0.1) is 6.04 Å². The zero-order valence-electron chi connectivity index (χ0n) is 18.6. The number of carboxylic acid groups (broad SMARTS) is 1. The average Bonchev–Trinajstić information content (AvgIpc) is 3.16. The second-order valence-electron chi connectivity index (χ2n) is 8.61. The van der Waals surface area contributed by atoms with Crippen LogP contribution in [0.4, 0.5) is 4.79 Å². The van der Waals surface area contributed by atoms with Gasteiger partial charge in [0.1, 0.15) is 6.61 Å². The van der Waals surface area contributed by atoms with E-state index in [-0.39, 0.29) is 43.4 Å². The Morgan fingerprint density at radius 2 is 1.68 bits per heavy atom. The smallest absolute Gasteiger partial charge is 0.407 e. The zero-order chi connectivity index (χ0) is 24.1. The summed E-state index contributed by atoms with van der Waals surface area (Å²) in [6, 6.07) is 15.9. The summed E-state index contributed by atoms with van der Waals surface area (Å²) in [7, 11) is 0. The minimum Gasteiger partial charge on any atom is -0.479 e. The highest BCUT2D eigenvalue weighted by atomic mass is 16.5. The first-order chi connectivity index (χ1) is 16.4. The van der Waals surface area contributed by atoms with E-state index in [1.807, 2.05) is 36.4 Å². The van der Waals surface area contributed by atoms with Crippen molar-refractivity contribution in [2.75, 3.05) is 13.2 Å². The summed E-state index contributed by atoms with van der Waals surface area (Å²) < 4.78 is 5.58. The maximum Gasteiger partial charge on any atom is 0.407 e. The predicted molar refractivity (Wildman–Crippen MR) is 125 cm³/mol. The number of aliphatic hydroxyl groups excluding tert-OH is 1. The van der Waals surface area contributed by atoms with Gasteiger partial charge in [-0.1, -0.05) is 60.7 Å². The molecule has 0 saturated heterocycles. The van der Waals surface area contributed by atoms with E-state index in [1.54, 1.807) is 0 Å². The number of rotatable bonds is 8. The first-order valence-electron chi connectivity index (χ1n) is 11.4. The number of carbonyl (C=O) groups is 3. The van der Waals surface area contributed by atoms with E-state index in [2.05, 4.69) is 34.9 Å². The highest BCUT2D eigenvalue weighted by Crippen LogP contribution is 2.44. The van der Waals surface area contributed by atoms with Gasteiger partial charge in [0, 0.05) is 24.8 Å². The molecule has 8 heteroatoms. The van der Waals surface area contributed by atoms with Gasteiger partial charge in [-0.2, -0.15) is 0 Å². The van der Waals surface area contributed by atoms with Crippen molar-refractivity contribution in [3.63, 3.8) is 0 Å². The van der Waals surface area contributed by atoms with Gasteiger partial charge >= 0.3 is 12.1 Å². The van der Waals surface area contributed by atoms with Crippen molar-refractivity contribution in [1.29, 1.82) is 0 Å². The van der Waals surface area contributed by atoms with E-state index in [0.717, 1.165) is 22.3 Å². The number of aliphatic hydroxyl groups is 1. The molecular weight excluding hydrogens is 436 g/mol. The van der Waals surface area contributed by atoms with Gasteiger partial charge in [-0.3, -0.25) is 4.79 Å². The lowest BCUT2D eigenvalue weighted by molar-refractivity contribution is -0.147. The molecule has 0 aliphatic heterocycles. The number of nitrogens with one attached hydrogen (secondary N) is 2. The van der Waals surface area contributed by atoms with Gasteiger partial charge in [0.25, 0.3) is 0 Å². The van der Waals surface area contributed by atoms with Crippen LogP contribution in [0.1, 0.15) is 36.3 Å². The summed E-state index contributed by atoms with van der Waals surface area (Å²) >= 11 is 0. The molecule has 0 fully saturated rings. The summed E-state index contributed by atoms with van der Waals surface area (Å²) in [6.07, 6.45) is 2.51. The third-order valence-corrected chi connectivity index (χ3v) is 6.35. The number of allylic oxidation sites excluding steroid dienone is 1. The quantitative estimate of drug-likeness (QED) is 0.445. The fraction of sp³-hybridized carbons (Fsp3) is 0.346. The van der Waals surface area contributed by atoms with E-state index >= 15 is 0 Å². The molecule has 2 aromatic carbocycles. The minimum absolute atomic E-state index is 0.0280. The molecule has 0 saturated carbocycles. The third kappa shape index (κ3) is 5.28. The molecular formula is C26H28N2O6. The zero-order valence-corrected chi connectivity index (χ0v) is 18.6. The Labute approximate surface area is 197 Å². The molecule has 4 rings (SSSR count). The molecule has 0 heterocycles. The van der Waals surface area contributed by atoms with E-state index in [9.17, 15) is 19.5 Å². The monoisotopic (exact) mass is 464 g/mol. The number of benzene rings is 2. The van der Waals surface area contributed by atoms with Crippen LogP contribution >= 0.6 is 0 Å². The van der Waals surface area contributed by atoms with Crippen molar-refractivity contribution in [3.8, 4) is 11.1 Å². The Morgan fingerprint density at radius 1 is 1.03 bits per heavy atom. The van der Waals surface area contributed by atoms with Crippen LogP contribution in [-0.2, 0) is 14.3 Å². The molecule has 2 aliphatic carbocycles. The summed E-state index contributed by atoms with van der Waals surface area (Å²) in [5.41, 5.74) is 4.59. The number of carboxylic acids is 1. The Hall–Kier alpha value is -3.65. The number of carbonyl (C=O) groups excluding carboxylic acids is 2. The number of alkyl carbamates (subject to hydrolysis) is 1. The standard InChI is InChI=1S/C26H28N2O6/c29-23(25(31)32)12-13-27-24(30)16-6-5-7-17(14-16)28-26(33)34-15-22-20-10-3-1-8-18(20)19-9-2-4-11-21(19)22/h1-5,7-11,16-17,22-23,29H,6,12-15H2,(H,27,30)(H,28,33)(H,31,32)/t16?,17?,23-/m0/s1. The Morgan fingerprint density at radius 3 is 2.32 bits per heavy atom. The summed E-state index contributed by atoms with van der Waals surface area (Å²) in [5, 5.41) is 23.5. The first-order valence-corrected chi connectivity index (χ1v) is 11.4. The van der Waals surface area contributed by atoms with Gasteiger partial charge in [-0.15, -0.1) is 0 Å². The first kappa shape index (κ1) is 23.5. The molecule has 0 spiro atoms. The predicted octanol–water partition coefficient (Wildman–Crippen LogP) is 2.81. The second-order valence-corrected chi connectivity index (χ2v) is 8.61. The highest BCUT2D eigenvalue weighted by Gasteiger charge is 2.30. The molecule has 34 heavy (non-hydrogen) atoms. The van der Waals surface area contributed by atoms with Gasteiger partial charge in [0.2, 0.25) is 5.91 Å². The normalized spacial score (nSPS) is 19.6. The van der Waals surface area contributed by atoms with Crippen LogP contribution < -0.4 is 10.6 Å². The number of ether oxygens (including phenoxy) is 1. The maximum atomic E-state index is 12.5. The fourth-order valence-electron chi connectivity index (χ4n) is 4.60. The summed E-state index contributed by atoms with van der Waals surface area (Å²) in [6.45, 7) is 0.281. The van der Waals surface area contributed by atoms with Crippen LogP contribution in [0.25, 0.3) is 11.1 Å². The molecule has 3 atom stereocenters. The minimum atomic E-state index is -1.51. The molecule has 2 unspecified atom stereocenters. The molecule has 2 aliphatic rings. The van der Waals surface area contributed by atoms with E-state index < -0.39 is 18.2 Å². The lowest BCUT2D eigenvalue weighted by atomic mass is 9.90. The van der Waals surface area contributed by atoms with Crippen molar-refractivity contribution in [2.45, 2.75) is 37.3 Å². The van der Waals surface area contributed by atoms with Gasteiger partial charge < -0.3 is 25.6 Å². The molecule has 4 N–H and O–H groups in total.